The number of pyridine rings is 1. The Morgan fingerprint density at radius 1 is 1.47 bits per heavy atom. The molecule has 0 spiro atoms. The van der Waals surface area contributed by atoms with Crippen molar-refractivity contribution in [2.24, 2.45) is 0 Å². The number of aromatic nitrogens is 3. The fourth-order valence-corrected chi connectivity index (χ4v) is 2.37. The summed E-state index contributed by atoms with van der Waals surface area (Å²) in [5.41, 5.74) is 0.817. The van der Waals surface area contributed by atoms with E-state index in [0.29, 0.717) is 18.3 Å². The number of rotatable bonds is 2. The lowest BCUT2D eigenvalue weighted by atomic mass is 10.1. The maximum atomic E-state index is 9.79. The average Bonchev–Trinajstić information content (AvgIpc) is 2.85. The van der Waals surface area contributed by atoms with Crippen molar-refractivity contribution in [3.05, 3.63) is 24.2 Å². The van der Waals surface area contributed by atoms with Gasteiger partial charge in [-0.15, -0.1) is 0 Å². The van der Waals surface area contributed by atoms with Crippen LogP contribution in [0, 0.1) is 6.92 Å². The van der Waals surface area contributed by atoms with E-state index in [-0.39, 0.29) is 6.10 Å². The first-order chi connectivity index (χ1) is 9.24. The van der Waals surface area contributed by atoms with Crippen LogP contribution in [-0.2, 0) is 0 Å². The summed E-state index contributed by atoms with van der Waals surface area (Å²) in [6, 6.07) is 3.76. The minimum absolute atomic E-state index is 0.298. The fraction of sp³-hybridized carbons (Fsp3) is 0.462. The smallest absolute Gasteiger partial charge is 0.261 e. The van der Waals surface area contributed by atoms with Crippen LogP contribution >= 0.6 is 0 Å². The molecule has 0 saturated carbocycles. The van der Waals surface area contributed by atoms with E-state index in [1.807, 2.05) is 12.1 Å². The van der Waals surface area contributed by atoms with Gasteiger partial charge in [0.25, 0.3) is 5.89 Å². The highest BCUT2D eigenvalue weighted by atomic mass is 16.5. The summed E-state index contributed by atoms with van der Waals surface area (Å²) in [4.78, 5) is 10.7. The van der Waals surface area contributed by atoms with E-state index in [1.54, 1.807) is 13.1 Å². The second kappa shape index (κ2) is 4.97. The quantitative estimate of drug-likeness (QED) is 0.879. The molecule has 1 saturated heterocycles. The molecule has 3 heterocycles. The standard InChI is InChI=1S/C13H16N4O2/c1-9-15-13(19-16-9)11-5-2-6-14-12(11)17-7-3-4-10(18)8-17/h2,5-6,10,18H,3-4,7-8H2,1H3. The van der Waals surface area contributed by atoms with Crippen LogP contribution in [0.3, 0.4) is 0 Å². The number of β-amino-alcohol motifs (C(OH)–C–C–N with tert-alkyl or cyclic N) is 1. The van der Waals surface area contributed by atoms with Crippen molar-refractivity contribution in [2.75, 3.05) is 18.0 Å². The van der Waals surface area contributed by atoms with E-state index in [0.717, 1.165) is 30.8 Å². The van der Waals surface area contributed by atoms with Crippen LogP contribution in [-0.4, -0.2) is 39.4 Å². The molecule has 0 aromatic carbocycles. The molecule has 1 fully saturated rings. The summed E-state index contributed by atoms with van der Waals surface area (Å²) in [6.07, 6.45) is 3.24. The largest absolute Gasteiger partial charge is 0.391 e. The minimum Gasteiger partial charge on any atom is -0.391 e. The van der Waals surface area contributed by atoms with Gasteiger partial charge in [-0.1, -0.05) is 5.16 Å². The van der Waals surface area contributed by atoms with Gasteiger partial charge in [0.05, 0.1) is 11.7 Å². The Bertz CT molecular complexity index is 569. The highest BCUT2D eigenvalue weighted by molar-refractivity contribution is 5.69. The van der Waals surface area contributed by atoms with Gasteiger partial charge in [-0.3, -0.25) is 0 Å². The highest BCUT2D eigenvalue weighted by Crippen LogP contribution is 2.29. The molecule has 6 nitrogen and oxygen atoms in total. The number of anilines is 1. The van der Waals surface area contributed by atoms with E-state index < -0.39 is 0 Å². The predicted octanol–water partition coefficient (Wildman–Crippen LogP) is 1.40. The first-order valence-corrected chi connectivity index (χ1v) is 6.43. The zero-order chi connectivity index (χ0) is 13.2. The van der Waals surface area contributed by atoms with Gasteiger partial charge in [-0.25, -0.2) is 4.98 Å². The second-order valence-electron chi connectivity index (χ2n) is 4.76. The van der Waals surface area contributed by atoms with Crippen molar-refractivity contribution in [1.29, 1.82) is 0 Å². The van der Waals surface area contributed by atoms with Crippen LogP contribution < -0.4 is 4.90 Å². The third kappa shape index (κ3) is 2.44. The summed E-state index contributed by atoms with van der Waals surface area (Å²) in [6.45, 7) is 3.26. The Balaban J connectivity index is 1.97. The van der Waals surface area contributed by atoms with Crippen LogP contribution in [0.15, 0.2) is 22.9 Å². The van der Waals surface area contributed by atoms with Crippen molar-refractivity contribution in [3.8, 4) is 11.5 Å². The summed E-state index contributed by atoms with van der Waals surface area (Å²) >= 11 is 0. The Morgan fingerprint density at radius 2 is 2.37 bits per heavy atom. The normalized spacial score (nSPS) is 19.7. The lowest BCUT2D eigenvalue weighted by Gasteiger charge is -2.31. The van der Waals surface area contributed by atoms with E-state index in [1.165, 1.54) is 0 Å². The van der Waals surface area contributed by atoms with Gasteiger partial charge in [-0.2, -0.15) is 4.98 Å². The van der Waals surface area contributed by atoms with Gasteiger partial charge >= 0.3 is 0 Å². The van der Waals surface area contributed by atoms with Crippen molar-refractivity contribution in [3.63, 3.8) is 0 Å². The molecule has 100 valence electrons. The third-order valence-electron chi connectivity index (χ3n) is 3.24. The van der Waals surface area contributed by atoms with E-state index in [2.05, 4.69) is 20.0 Å². The number of hydrogen-bond acceptors (Lipinski definition) is 6. The first-order valence-electron chi connectivity index (χ1n) is 6.43. The molecule has 1 atom stereocenters. The van der Waals surface area contributed by atoms with Crippen LogP contribution in [0.5, 0.6) is 0 Å². The van der Waals surface area contributed by atoms with Crippen LogP contribution in [0.4, 0.5) is 5.82 Å². The Labute approximate surface area is 111 Å². The molecule has 3 rings (SSSR count). The van der Waals surface area contributed by atoms with Gasteiger partial charge < -0.3 is 14.5 Å². The van der Waals surface area contributed by atoms with Gasteiger partial charge in [0.2, 0.25) is 0 Å². The molecule has 0 bridgehead atoms. The van der Waals surface area contributed by atoms with Gasteiger partial charge in [0.1, 0.15) is 5.82 Å². The van der Waals surface area contributed by atoms with Gasteiger partial charge in [-0.05, 0) is 31.9 Å². The molecule has 1 aliphatic heterocycles. The summed E-state index contributed by atoms with van der Waals surface area (Å²) in [5.74, 6) is 1.87. The van der Waals surface area contributed by atoms with Crippen molar-refractivity contribution in [2.45, 2.75) is 25.9 Å². The molecular weight excluding hydrogens is 244 g/mol. The zero-order valence-electron chi connectivity index (χ0n) is 10.8. The Hall–Kier alpha value is -1.95. The molecule has 19 heavy (non-hydrogen) atoms. The summed E-state index contributed by atoms with van der Waals surface area (Å²) in [7, 11) is 0. The van der Waals surface area contributed by atoms with E-state index in [4.69, 9.17) is 4.52 Å². The lowest BCUT2D eigenvalue weighted by molar-refractivity contribution is 0.154. The molecule has 6 heteroatoms. The number of nitrogens with zero attached hydrogens (tertiary/aromatic N) is 4. The Kier molecular flexibility index (Phi) is 3.16. The van der Waals surface area contributed by atoms with Crippen molar-refractivity contribution in [1.82, 2.24) is 15.1 Å². The third-order valence-corrected chi connectivity index (χ3v) is 3.24. The van der Waals surface area contributed by atoms with Crippen LogP contribution in [0.1, 0.15) is 18.7 Å². The fourth-order valence-electron chi connectivity index (χ4n) is 2.37. The van der Waals surface area contributed by atoms with Gasteiger partial charge in [0, 0.05) is 19.3 Å². The van der Waals surface area contributed by atoms with Crippen molar-refractivity contribution >= 4 is 5.82 Å². The first kappa shape index (κ1) is 12.1. The van der Waals surface area contributed by atoms with E-state index >= 15 is 0 Å². The number of aryl methyl sites for hydroxylation is 1. The minimum atomic E-state index is -0.298. The number of piperidine rings is 1. The molecule has 2 aromatic heterocycles. The highest BCUT2D eigenvalue weighted by Gasteiger charge is 2.23. The van der Waals surface area contributed by atoms with E-state index in [9.17, 15) is 5.11 Å². The van der Waals surface area contributed by atoms with Crippen LogP contribution in [0.2, 0.25) is 0 Å². The molecule has 1 unspecified atom stereocenters. The summed E-state index contributed by atoms with van der Waals surface area (Å²) in [5, 5.41) is 13.6. The van der Waals surface area contributed by atoms with Crippen molar-refractivity contribution < 1.29 is 9.63 Å². The number of aliphatic hydroxyl groups excluding tert-OH is 1. The molecule has 1 aliphatic rings. The zero-order valence-corrected chi connectivity index (χ0v) is 10.8. The number of hydrogen-bond donors (Lipinski definition) is 1. The average molecular weight is 260 g/mol. The molecule has 0 aliphatic carbocycles. The maximum Gasteiger partial charge on any atom is 0.261 e. The molecule has 0 amide bonds. The summed E-state index contributed by atoms with van der Waals surface area (Å²) < 4.78 is 5.22. The van der Waals surface area contributed by atoms with Crippen LogP contribution in [0.25, 0.3) is 11.5 Å². The number of aliphatic hydroxyl groups is 1. The SMILES string of the molecule is Cc1noc(-c2cccnc2N2CCCC(O)C2)n1. The second-order valence-corrected chi connectivity index (χ2v) is 4.76. The molecule has 0 radical (unpaired) electrons. The molecular formula is C13H16N4O2. The molecule has 1 N–H and O–H groups in total. The lowest BCUT2D eigenvalue weighted by Crippen LogP contribution is -2.39. The monoisotopic (exact) mass is 260 g/mol. The topological polar surface area (TPSA) is 75.3 Å². The molecule has 2 aromatic rings. The van der Waals surface area contributed by atoms with Gasteiger partial charge in [0.15, 0.2) is 5.82 Å². The Morgan fingerprint density at radius 3 is 3.11 bits per heavy atom. The maximum absolute atomic E-state index is 9.79. The predicted molar refractivity (Wildman–Crippen MR) is 69.7 cm³/mol.